The van der Waals surface area contributed by atoms with Crippen LogP contribution in [-0.2, 0) is 0 Å². The Hall–Kier alpha value is -1.77. The molecule has 14 heavy (non-hydrogen) atoms. The number of nitrogens with zero attached hydrogens (tertiary/aromatic N) is 1. The second kappa shape index (κ2) is 3.54. The van der Waals surface area contributed by atoms with Crippen LogP contribution in [-0.4, -0.2) is 9.97 Å². The van der Waals surface area contributed by atoms with Crippen LogP contribution in [0.25, 0.3) is 11.0 Å². The number of hydrogen-bond acceptors (Lipinski definition) is 2. The average molecular weight is 188 g/mol. The lowest BCUT2D eigenvalue weighted by atomic mass is 10.3. The van der Waals surface area contributed by atoms with Crippen molar-refractivity contribution in [1.29, 1.82) is 0 Å². The number of rotatable bonds is 3. The molecule has 0 fully saturated rings. The van der Waals surface area contributed by atoms with Crippen LogP contribution in [0.3, 0.4) is 0 Å². The molecule has 3 nitrogen and oxygen atoms in total. The van der Waals surface area contributed by atoms with E-state index in [1.807, 2.05) is 25.3 Å². The molecule has 2 rings (SSSR count). The predicted octanol–water partition coefficient (Wildman–Crippen LogP) is 2.87. The second-order valence-electron chi connectivity index (χ2n) is 3.08. The summed E-state index contributed by atoms with van der Waals surface area (Å²) in [6.07, 6.45) is 4.36. The molecule has 3 heteroatoms. The molecular formula is C11H12N2O. The Morgan fingerprint density at radius 1 is 1.64 bits per heavy atom. The van der Waals surface area contributed by atoms with Crippen molar-refractivity contribution in [1.82, 2.24) is 9.97 Å². The molecule has 0 bridgehead atoms. The van der Waals surface area contributed by atoms with Gasteiger partial charge in [0.05, 0.1) is 12.0 Å². The second-order valence-corrected chi connectivity index (χ2v) is 3.08. The highest BCUT2D eigenvalue weighted by Crippen LogP contribution is 2.19. The summed E-state index contributed by atoms with van der Waals surface area (Å²) in [7, 11) is 0. The molecule has 0 spiro atoms. The van der Waals surface area contributed by atoms with E-state index >= 15 is 0 Å². The van der Waals surface area contributed by atoms with Gasteiger partial charge in [0, 0.05) is 18.0 Å². The van der Waals surface area contributed by atoms with Crippen LogP contribution < -0.4 is 4.74 Å². The Kier molecular flexibility index (Phi) is 2.23. The van der Waals surface area contributed by atoms with E-state index in [4.69, 9.17) is 4.74 Å². The highest BCUT2D eigenvalue weighted by molar-refractivity contribution is 5.76. The van der Waals surface area contributed by atoms with Gasteiger partial charge in [-0.2, -0.15) is 0 Å². The fourth-order valence-electron chi connectivity index (χ4n) is 1.21. The van der Waals surface area contributed by atoms with Crippen LogP contribution in [0.2, 0.25) is 0 Å². The molecule has 2 aromatic rings. The fourth-order valence-corrected chi connectivity index (χ4v) is 1.21. The molecule has 0 amide bonds. The van der Waals surface area contributed by atoms with Gasteiger partial charge in [-0.25, -0.2) is 4.98 Å². The minimum atomic E-state index is 0.740. The topological polar surface area (TPSA) is 37.9 Å². The molecule has 0 aliphatic heterocycles. The predicted molar refractivity (Wildman–Crippen MR) is 56.2 cm³/mol. The van der Waals surface area contributed by atoms with Gasteiger partial charge in [0.15, 0.2) is 0 Å². The smallest absolute Gasteiger partial charge is 0.145 e. The summed E-state index contributed by atoms with van der Waals surface area (Å²) in [6.45, 7) is 5.78. The summed E-state index contributed by atoms with van der Waals surface area (Å²) in [5.74, 6) is 1.49. The maximum atomic E-state index is 5.47. The quantitative estimate of drug-likeness (QED) is 0.752. The SMILES string of the molecule is C=C(CC)Oc1cnc2[nH]ccc2c1. The maximum absolute atomic E-state index is 5.47. The highest BCUT2D eigenvalue weighted by Gasteiger charge is 2.00. The van der Waals surface area contributed by atoms with Crippen molar-refractivity contribution in [3.63, 3.8) is 0 Å². The molecule has 0 unspecified atom stereocenters. The van der Waals surface area contributed by atoms with Crippen molar-refractivity contribution in [3.05, 3.63) is 36.9 Å². The first-order chi connectivity index (χ1) is 6.79. The number of ether oxygens (including phenoxy) is 1. The van der Waals surface area contributed by atoms with Gasteiger partial charge in [0.25, 0.3) is 0 Å². The zero-order valence-corrected chi connectivity index (χ0v) is 8.08. The third kappa shape index (κ3) is 1.62. The summed E-state index contributed by atoms with van der Waals surface area (Å²) in [5, 5.41) is 1.05. The minimum absolute atomic E-state index is 0.740. The molecule has 0 aromatic carbocycles. The van der Waals surface area contributed by atoms with Crippen molar-refractivity contribution in [2.24, 2.45) is 0 Å². The van der Waals surface area contributed by atoms with Gasteiger partial charge in [-0.3, -0.25) is 0 Å². The summed E-state index contributed by atoms with van der Waals surface area (Å²) in [5.41, 5.74) is 0.875. The van der Waals surface area contributed by atoms with E-state index in [0.717, 1.165) is 29.0 Å². The highest BCUT2D eigenvalue weighted by atomic mass is 16.5. The summed E-state index contributed by atoms with van der Waals surface area (Å²) in [4.78, 5) is 7.23. The zero-order valence-electron chi connectivity index (χ0n) is 8.08. The van der Waals surface area contributed by atoms with E-state index in [-0.39, 0.29) is 0 Å². The number of allylic oxidation sites excluding steroid dienone is 1. The summed E-state index contributed by atoms with van der Waals surface area (Å²) in [6, 6.07) is 3.91. The fraction of sp³-hybridized carbons (Fsp3) is 0.182. The average Bonchev–Trinajstić information content (AvgIpc) is 2.64. The Morgan fingerprint density at radius 2 is 2.50 bits per heavy atom. The maximum Gasteiger partial charge on any atom is 0.145 e. The molecule has 0 radical (unpaired) electrons. The van der Waals surface area contributed by atoms with E-state index in [1.54, 1.807) is 6.20 Å². The number of aromatic amines is 1. The summed E-state index contributed by atoms with van der Waals surface area (Å²) < 4.78 is 5.47. The molecule has 0 atom stereocenters. The van der Waals surface area contributed by atoms with Gasteiger partial charge in [-0.1, -0.05) is 13.5 Å². The van der Waals surface area contributed by atoms with Gasteiger partial charge in [0.2, 0.25) is 0 Å². The molecule has 2 heterocycles. The monoisotopic (exact) mass is 188 g/mol. The third-order valence-corrected chi connectivity index (χ3v) is 2.03. The number of aromatic nitrogens is 2. The lowest BCUT2D eigenvalue weighted by Gasteiger charge is -2.05. The van der Waals surface area contributed by atoms with E-state index < -0.39 is 0 Å². The van der Waals surface area contributed by atoms with Gasteiger partial charge in [-0.05, 0) is 12.1 Å². The summed E-state index contributed by atoms with van der Waals surface area (Å²) >= 11 is 0. The lowest BCUT2D eigenvalue weighted by Crippen LogP contribution is -1.92. The Labute approximate surface area is 82.4 Å². The van der Waals surface area contributed by atoms with Crippen molar-refractivity contribution >= 4 is 11.0 Å². The molecule has 0 aliphatic rings. The first-order valence-electron chi connectivity index (χ1n) is 4.58. The normalized spacial score (nSPS) is 10.4. The van der Waals surface area contributed by atoms with Gasteiger partial charge in [0.1, 0.15) is 11.4 Å². The van der Waals surface area contributed by atoms with E-state index in [9.17, 15) is 0 Å². The van der Waals surface area contributed by atoms with Crippen LogP contribution in [0.4, 0.5) is 0 Å². The molecule has 1 N–H and O–H groups in total. The lowest BCUT2D eigenvalue weighted by molar-refractivity contribution is 0.411. The number of fused-ring (bicyclic) bond motifs is 1. The molecule has 2 aromatic heterocycles. The van der Waals surface area contributed by atoms with Crippen LogP contribution >= 0.6 is 0 Å². The van der Waals surface area contributed by atoms with Gasteiger partial charge >= 0.3 is 0 Å². The first-order valence-corrected chi connectivity index (χ1v) is 4.58. The van der Waals surface area contributed by atoms with Crippen molar-refractivity contribution in [2.45, 2.75) is 13.3 Å². The van der Waals surface area contributed by atoms with Crippen LogP contribution in [0.1, 0.15) is 13.3 Å². The molecular weight excluding hydrogens is 176 g/mol. The first kappa shape index (κ1) is 8.81. The van der Waals surface area contributed by atoms with Crippen molar-refractivity contribution in [2.75, 3.05) is 0 Å². The van der Waals surface area contributed by atoms with E-state index in [1.165, 1.54) is 0 Å². The van der Waals surface area contributed by atoms with Gasteiger partial charge in [-0.15, -0.1) is 0 Å². The molecule has 0 saturated heterocycles. The Morgan fingerprint density at radius 3 is 3.29 bits per heavy atom. The number of nitrogens with one attached hydrogen (secondary N) is 1. The Balaban J connectivity index is 2.30. The van der Waals surface area contributed by atoms with E-state index in [0.29, 0.717) is 0 Å². The standard InChI is InChI=1S/C11H12N2O/c1-3-8(2)14-10-6-9-4-5-12-11(9)13-7-10/h4-7H,2-3H2,1H3,(H,12,13). The number of hydrogen-bond donors (Lipinski definition) is 1. The number of H-pyrrole nitrogens is 1. The Bertz CT molecular complexity index is 459. The van der Waals surface area contributed by atoms with E-state index in [2.05, 4.69) is 16.5 Å². The van der Waals surface area contributed by atoms with Crippen LogP contribution in [0.15, 0.2) is 36.9 Å². The van der Waals surface area contributed by atoms with Gasteiger partial charge < -0.3 is 9.72 Å². The zero-order chi connectivity index (χ0) is 9.97. The van der Waals surface area contributed by atoms with Crippen molar-refractivity contribution in [3.8, 4) is 5.75 Å². The molecule has 0 aliphatic carbocycles. The van der Waals surface area contributed by atoms with Crippen LogP contribution in [0.5, 0.6) is 5.75 Å². The molecule has 0 saturated carbocycles. The minimum Gasteiger partial charge on any atom is -0.461 e. The van der Waals surface area contributed by atoms with Crippen LogP contribution in [0, 0.1) is 0 Å². The number of pyridine rings is 1. The third-order valence-electron chi connectivity index (χ3n) is 2.03. The van der Waals surface area contributed by atoms with Crippen molar-refractivity contribution < 1.29 is 4.74 Å². The largest absolute Gasteiger partial charge is 0.461 e. The molecule has 72 valence electrons.